The average Bonchev–Trinajstić information content (AvgIpc) is 3.46. The van der Waals surface area contributed by atoms with E-state index in [-0.39, 0.29) is 24.4 Å². The van der Waals surface area contributed by atoms with E-state index in [0.717, 1.165) is 48.8 Å². The first kappa shape index (κ1) is 41.1. The highest BCUT2D eigenvalue weighted by Gasteiger charge is 2.65. The van der Waals surface area contributed by atoms with Crippen LogP contribution in [0.1, 0.15) is 90.2 Å². The predicted molar refractivity (Wildman–Crippen MR) is 208 cm³/mol. The number of aliphatic hydroxyl groups excluding tert-OH is 2. The molecule has 1 aromatic rings. The fourth-order valence-corrected chi connectivity index (χ4v) is 9.32. The zero-order valence-corrected chi connectivity index (χ0v) is 32.1. The molecule has 2 aliphatic carbocycles. The van der Waals surface area contributed by atoms with Crippen LogP contribution in [0.3, 0.4) is 0 Å². The molecule has 4 rings (SSSR count). The summed E-state index contributed by atoms with van der Waals surface area (Å²) in [4.78, 5) is 12.1. The van der Waals surface area contributed by atoms with Crippen LogP contribution < -0.4 is 10.6 Å². The molecule has 1 spiro atoms. The molecule has 1 heterocycles. The number of aldehydes is 1. The number of carbonyl (C=O) groups excluding carboxylic acids is 1. The van der Waals surface area contributed by atoms with Gasteiger partial charge in [0.15, 0.2) is 0 Å². The van der Waals surface area contributed by atoms with Crippen molar-refractivity contribution in [2.45, 2.75) is 110 Å². The molecule has 51 heavy (non-hydrogen) atoms. The number of ether oxygens (including phenoxy) is 1. The van der Waals surface area contributed by atoms with Crippen molar-refractivity contribution in [3.63, 3.8) is 0 Å². The average molecular weight is 703 g/mol. The molecule has 0 radical (unpaired) electrons. The molecule has 5 N–H and O–H groups in total. The Morgan fingerprint density at radius 1 is 1.22 bits per heavy atom. The summed E-state index contributed by atoms with van der Waals surface area (Å²) in [6.45, 7) is 15.3. The number of rotatable bonds is 14. The van der Waals surface area contributed by atoms with Gasteiger partial charge < -0.3 is 30.7 Å². The molecule has 7 heteroatoms. The van der Waals surface area contributed by atoms with E-state index in [2.05, 4.69) is 79.6 Å². The maximum atomic E-state index is 12.6. The quantitative estimate of drug-likeness (QED) is 0.0645. The third-order valence-electron chi connectivity index (χ3n) is 12.2. The van der Waals surface area contributed by atoms with E-state index < -0.39 is 17.1 Å². The lowest BCUT2D eigenvalue weighted by atomic mass is 9.51. The van der Waals surface area contributed by atoms with E-state index >= 15 is 0 Å². The van der Waals surface area contributed by atoms with Gasteiger partial charge >= 0.3 is 0 Å². The molecular formula is C44H66N2O5. The highest BCUT2D eigenvalue weighted by Crippen LogP contribution is 2.64. The van der Waals surface area contributed by atoms with Gasteiger partial charge in [-0.3, -0.25) is 4.79 Å². The number of carbonyl (C=O) groups is 1. The van der Waals surface area contributed by atoms with Crippen molar-refractivity contribution in [3.8, 4) is 0 Å². The van der Waals surface area contributed by atoms with E-state index in [4.69, 9.17) is 4.74 Å². The Morgan fingerprint density at radius 2 is 1.98 bits per heavy atom. The molecule has 0 aromatic heterocycles. The second kappa shape index (κ2) is 19.4. The van der Waals surface area contributed by atoms with Crippen molar-refractivity contribution in [1.29, 1.82) is 0 Å². The van der Waals surface area contributed by atoms with Crippen LogP contribution in [-0.2, 0) is 22.4 Å². The Bertz CT molecular complexity index is 1440. The standard InChI is InChI=1S/C44H66N2O5/c1-7-51-30-38(14-8-11-32(3)37-17-16-31(2)28-46-34(5)25-35-12-9-13-36(26-35)27-37)40-19-21-44(42(40)49)41(15-10-24-47)39(33(4)29-48)18-20-43(44,50)22-23-45-6/h8-9,11-14,16,26,29,34,37,40-42,45-47,49-50H,3,7,10,15,17-25,27-28,30H2,1-2,4-6H3/t34-,37-,40+,41-,42+,43-,44+/m0/s1. The maximum Gasteiger partial charge on any atom is 0.145 e. The summed E-state index contributed by atoms with van der Waals surface area (Å²) in [6.07, 6.45) is 15.6. The maximum absolute atomic E-state index is 12.6. The second-order valence-corrected chi connectivity index (χ2v) is 15.6. The van der Waals surface area contributed by atoms with Gasteiger partial charge in [-0.2, -0.15) is 0 Å². The van der Waals surface area contributed by atoms with Gasteiger partial charge in [0, 0.05) is 37.1 Å². The molecule has 2 fully saturated rings. The van der Waals surface area contributed by atoms with Gasteiger partial charge in [-0.15, -0.1) is 0 Å². The fourth-order valence-electron chi connectivity index (χ4n) is 9.32. The van der Waals surface area contributed by atoms with Crippen molar-refractivity contribution in [3.05, 3.63) is 94.1 Å². The molecule has 7 atom stereocenters. The molecule has 0 unspecified atom stereocenters. The van der Waals surface area contributed by atoms with Gasteiger partial charge in [-0.1, -0.05) is 71.9 Å². The van der Waals surface area contributed by atoms with Gasteiger partial charge in [0.1, 0.15) is 6.29 Å². The van der Waals surface area contributed by atoms with E-state index in [1.807, 2.05) is 20.9 Å². The molecule has 0 amide bonds. The summed E-state index contributed by atoms with van der Waals surface area (Å²) in [6, 6.07) is 9.36. The van der Waals surface area contributed by atoms with Crippen LogP contribution in [0.2, 0.25) is 0 Å². The zero-order chi connectivity index (χ0) is 37.0. The lowest BCUT2D eigenvalue weighted by Gasteiger charge is -2.57. The highest BCUT2D eigenvalue weighted by atomic mass is 16.5. The minimum Gasteiger partial charge on any atom is -0.396 e. The van der Waals surface area contributed by atoms with Crippen molar-refractivity contribution >= 4 is 6.29 Å². The van der Waals surface area contributed by atoms with Crippen molar-refractivity contribution in [2.75, 3.05) is 40.0 Å². The molecule has 1 aromatic carbocycles. The monoisotopic (exact) mass is 702 g/mol. The van der Waals surface area contributed by atoms with E-state index in [1.54, 1.807) is 0 Å². The SMILES string of the molecule is C=C(C=CC=C(COCC)[C@H]1CC[C@]2([C@@H]1O)[C@@H](CCCO)C(=C(C)C=O)CC[C@]2(O)CCNC)[C@H]1CC=C(C)CN[C@@H](C)Cc2cccc(c2)C1. The van der Waals surface area contributed by atoms with Gasteiger partial charge in [-0.05, 0) is 140 Å². The van der Waals surface area contributed by atoms with Crippen LogP contribution in [0.5, 0.6) is 0 Å². The largest absolute Gasteiger partial charge is 0.396 e. The second-order valence-electron chi connectivity index (χ2n) is 15.6. The summed E-state index contributed by atoms with van der Waals surface area (Å²) >= 11 is 0. The minimum atomic E-state index is -1.12. The Kier molecular flexibility index (Phi) is 15.7. The van der Waals surface area contributed by atoms with E-state index in [1.165, 1.54) is 16.7 Å². The van der Waals surface area contributed by atoms with Gasteiger partial charge in [0.2, 0.25) is 0 Å². The van der Waals surface area contributed by atoms with Gasteiger partial charge in [-0.25, -0.2) is 0 Å². The van der Waals surface area contributed by atoms with Crippen LogP contribution >= 0.6 is 0 Å². The summed E-state index contributed by atoms with van der Waals surface area (Å²) in [7, 11) is 1.88. The number of aliphatic hydroxyl groups is 3. The number of benzene rings is 1. The van der Waals surface area contributed by atoms with Crippen LogP contribution in [0.15, 0.2) is 83.0 Å². The predicted octanol–water partition coefficient (Wildman–Crippen LogP) is 6.59. The number of hydrogen-bond acceptors (Lipinski definition) is 7. The van der Waals surface area contributed by atoms with Crippen molar-refractivity contribution in [2.24, 2.45) is 23.2 Å². The summed E-state index contributed by atoms with van der Waals surface area (Å²) in [5, 5.41) is 41.9. The van der Waals surface area contributed by atoms with Crippen molar-refractivity contribution < 1.29 is 24.9 Å². The van der Waals surface area contributed by atoms with Crippen LogP contribution in [0, 0.1) is 23.2 Å². The molecule has 7 nitrogen and oxygen atoms in total. The fraction of sp³-hybridized carbons (Fsp3) is 0.614. The molecule has 2 saturated carbocycles. The third kappa shape index (κ3) is 9.87. The lowest BCUT2D eigenvalue weighted by Crippen LogP contribution is -2.61. The van der Waals surface area contributed by atoms with E-state index in [0.29, 0.717) is 76.3 Å². The summed E-state index contributed by atoms with van der Waals surface area (Å²) in [5.74, 6) is -0.174. The van der Waals surface area contributed by atoms with Gasteiger partial charge in [0.05, 0.1) is 18.3 Å². The summed E-state index contributed by atoms with van der Waals surface area (Å²) < 4.78 is 6.00. The van der Waals surface area contributed by atoms with E-state index in [9.17, 15) is 20.1 Å². The summed E-state index contributed by atoms with van der Waals surface area (Å²) in [5.41, 5.74) is 5.82. The Labute approximate surface area is 308 Å². The molecular weight excluding hydrogens is 636 g/mol. The first-order valence-corrected chi connectivity index (χ1v) is 19.4. The number of nitrogens with one attached hydrogen (secondary N) is 2. The molecule has 2 bridgehead atoms. The molecule has 1 aliphatic heterocycles. The third-order valence-corrected chi connectivity index (χ3v) is 12.2. The molecule has 282 valence electrons. The first-order chi connectivity index (χ1) is 24.5. The molecule has 0 saturated heterocycles. The first-order valence-electron chi connectivity index (χ1n) is 19.4. The topological polar surface area (TPSA) is 111 Å². The number of fused-ring (bicyclic) bond motifs is 2. The lowest BCUT2D eigenvalue weighted by molar-refractivity contribution is -0.180. The number of allylic oxidation sites excluding steroid dienone is 7. The number of hydrogen-bond donors (Lipinski definition) is 5. The van der Waals surface area contributed by atoms with Gasteiger partial charge in [0.25, 0.3) is 0 Å². The minimum absolute atomic E-state index is 0.0243. The van der Waals surface area contributed by atoms with Crippen LogP contribution in [0.25, 0.3) is 0 Å². The van der Waals surface area contributed by atoms with Crippen LogP contribution in [0.4, 0.5) is 0 Å². The highest BCUT2D eigenvalue weighted by molar-refractivity contribution is 5.74. The normalized spacial score (nSPS) is 31.6. The zero-order valence-electron chi connectivity index (χ0n) is 32.1. The Balaban J connectivity index is 1.66. The smallest absolute Gasteiger partial charge is 0.145 e. The Hall–Kier alpha value is -2.65. The van der Waals surface area contributed by atoms with Crippen LogP contribution in [-0.4, -0.2) is 79.3 Å². The Morgan fingerprint density at radius 3 is 2.69 bits per heavy atom. The van der Waals surface area contributed by atoms with Crippen molar-refractivity contribution in [1.82, 2.24) is 10.6 Å². The molecule has 3 aliphatic rings.